The van der Waals surface area contributed by atoms with Crippen LogP contribution in [0.2, 0.25) is 0 Å². The lowest BCUT2D eigenvalue weighted by molar-refractivity contribution is -0.120. The minimum absolute atomic E-state index is 0.0843. The molecular formula is C19H29N3O2. The van der Waals surface area contributed by atoms with Crippen molar-refractivity contribution in [3.63, 3.8) is 0 Å². The van der Waals surface area contributed by atoms with Gasteiger partial charge in [-0.05, 0) is 37.8 Å². The maximum atomic E-state index is 12.1. The standard InChI is InChI=1S/C19H29N3O2/c1-15-2-6-17(7-3-15)18(22-8-10-24-11-9-22)13-21-19(23)14-20-12-16-4-5-16/h2-3,6-7,16,18,20H,4-5,8-14H2,1H3,(H,21,23). The highest BCUT2D eigenvalue weighted by atomic mass is 16.5. The Balaban J connectivity index is 1.54. The SMILES string of the molecule is Cc1ccc(C(CNC(=O)CNCC2CC2)N2CCOCC2)cc1. The Bertz CT molecular complexity index is 522. The highest BCUT2D eigenvalue weighted by molar-refractivity contribution is 5.78. The van der Waals surface area contributed by atoms with Crippen LogP contribution in [0.25, 0.3) is 0 Å². The fourth-order valence-electron chi connectivity index (χ4n) is 3.12. The fourth-order valence-corrected chi connectivity index (χ4v) is 3.12. The van der Waals surface area contributed by atoms with E-state index in [0.29, 0.717) is 13.1 Å². The molecule has 0 radical (unpaired) electrons. The number of nitrogens with one attached hydrogen (secondary N) is 2. The lowest BCUT2D eigenvalue weighted by atomic mass is 10.0. The second kappa shape index (κ2) is 8.60. The van der Waals surface area contributed by atoms with Crippen molar-refractivity contribution in [1.82, 2.24) is 15.5 Å². The van der Waals surface area contributed by atoms with E-state index in [0.717, 1.165) is 38.8 Å². The van der Waals surface area contributed by atoms with E-state index in [1.165, 1.54) is 24.0 Å². The third-order valence-electron chi connectivity index (χ3n) is 4.86. The Hall–Kier alpha value is -1.43. The number of morpholine rings is 1. The van der Waals surface area contributed by atoms with Crippen LogP contribution in [-0.4, -0.2) is 56.7 Å². The molecule has 1 aromatic carbocycles. The minimum atomic E-state index is 0.0843. The van der Waals surface area contributed by atoms with E-state index in [-0.39, 0.29) is 11.9 Å². The number of aryl methyl sites for hydroxylation is 1. The Morgan fingerprint density at radius 3 is 2.62 bits per heavy atom. The van der Waals surface area contributed by atoms with Gasteiger partial charge in [0.15, 0.2) is 0 Å². The fraction of sp³-hybridized carbons (Fsp3) is 0.632. The molecule has 1 saturated heterocycles. The monoisotopic (exact) mass is 331 g/mol. The first-order valence-electron chi connectivity index (χ1n) is 9.08. The van der Waals surface area contributed by atoms with Gasteiger partial charge in [0.2, 0.25) is 5.91 Å². The Morgan fingerprint density at radius 2 is 1.96 bits per heavy atom. The molecule has 1 aromatic rings. The van der Waals surface area contributed by atoms with Crippen LogP contribution in [0.1, 0.15) is 30.0 Å². The molecule has 2 fully saturated rings. The van der Waals surface area contributed by atoms with Crippen molar-refractivity contribution in [3.05, 3.63) is 35.4 Å². The summed E-state index contributed by atoms with van der Waals surface area (Å²) in [5.74, 6) is 0.882. The molecule has 3 rings (SSSR count). The molecule has 1 amide bonds. The van der Waals surface area contributed by atoms with Crippen LogP contribution >= 0.6 is 0 Å². The zero-order chi connectivity index (χ0) is 16.8. The summed E-state index contributed by atoms with van der Waals surface area (Å²) in [6, 6.07) is 8.84. The van der Waals surface area contributed by atoms with Crippen molar-refractivity contribution in [2.45, 2.75) is 25.8 Å². The number of ether oxygens (including phenoxy) is 1. The smallest absolute Gasteiger partial charge is 0.234 e. The van der Waals surface area contributed by atoms with E-state index in [9.17, 15) is 4.79 Å². The van der Waals surface area contributed by atoms with E-state index in [1.807, 2.05) is 0 Å². The highest BCUT2D eigenvalue weighted by Gasteiger charge is 2.23. The summed E-state index contributed by atoms with van der Waals surface area (Å²) in [7, 11) is 0. The highest BCUT2D eigenvalue weighted by Crippen LogP contribution is 2.27. The van der Waals surface area contributed by atoms with Gasteiger partial charge in [-0.15, -0.1) is 0 Å². The molecule has 2 aliphatic rings. The molecule has 2 N–H and O–H groups in total. The summed E-state index contributed by atoms with van der Waals surface area (Å²) in [6.07, 6.45) is 2.61. The van der Waals surface area contributed by atoms with Crippen molar-refractivity contribution in [1.29, 1.82) is 0 Å². The predicted molar refractivity (Wildman–Crippen MR) is 94.9 cm³/mol. The zero-order valence-electron chi connectivity index (χ0n) is 14.6. The van der Waals surface area contributed by atoms with Crippen molar-refractivity contribution >= 4 is 5.91 Å². The molecular weight excluding hydrogens is 302 g/mol. The van der Waals surface area contributed by atoms with E-state index in [4.69, 9.17) is 4.74 Å². The molecule has 0 aromatic heterocycles. The maximum Gasteiger partial charge on any atom is 0.234 e. The molecule has 0 spiro atoms. The quantitative estimate of drug-likeness (QED) is 0.758. The average Bonchev–Trinajstić information content (AvgIpc) is 3.42. The number of hydrogen-bond acceptors (Lipinski definition) is 4. The second-order valence-corrected chi connectivity index (χ2v) is 6.95. The van der Waals surface area contributed by atoms with Crippen LogP contribution in [0.3, 0.4) is 0 Å². The van der Waals surface area contributed by atoms with E-state index < -0.39 is 0 Å². The minimum Gasteiger partial charge on any atom is -0.379 e. The summed E-state index contributed by atoms with van der Waals surface area (Å²) in [4.78, 5) is 14.5. The summed E-state index contributed by atoms with van der Waals surface area (Å²) in [5, 5.41) is 6.36. The van der Waals surface area contributed by atoms with Gasteiger partial charge >= 0.3 is 0 Å². The Labute approximate surface area is 144 Å². The summed E-state index contributed by atoms with van der Waals surface area (Å²) < 4.78 is 5.47. The lowest BCUT2D eigenvalue weighted by Gasteiger charge is -2.35. The number of carbonyl (C=O) groups is 1. The number of amides is 1. The van der Waals surface area contributed by atoms with E-state index >= 15 is 0 Å². The molecule has 1 aliphatic heterocycles. The Kier molecular flexibility index (Phi) is 6.24. The van der Waals surface area contributed by atoms with Gasteiger partial charge in [-0.1, -0.05) is 29.8 Å². The van der Waals surface area contributed by atoms with Gasteiger partial charge in [0, 0.05) is 19.6 Å². The first-order chi connectivity index (χ1) is 11.7. The first kappa shape index (κ1) is 17.4. The molecule has 1 saturated carbocycles. The van der Waals surface area contributed by atoms with E-state index in [1.54, 1.807) is 0 Å². The molecule has 1 aliphatic carbocycles. The molecule has 5 heteroatoms. The van der Waals surface area contributed by atoms with Gasteiger partial charge in [-0.3, -0.25) is 9.69 Å². The molecule has 132 valence electrons. The second-order valence-electron chi connectivity index (χ2n) is 6.95. The van der Waals surface area contributed by atoms with Crippen molar-refractivity contribution in [3.8, 4) is 0 Å². The van der Waals surface area contributed by atoms with Crippen molar-refractivity contribution in [2.75, 3.05) is 45.9 Å². The van der Waals surface area contributed by atoms with Gasteiger partial charge in [0.1, 0.15) is 0 Å². The normalized spacial score (nSPS) is 19.9. The summed E-state index contributed by atoms with van der Waals surface area (Å²) in [6.45, 7) is 7.48. The van der Waals surface area contributed by atoms with Gasteiger partial charge in [0.25, 0.3) is 0 Å². The number of nitrogens with zero attached hydrogens (tertiary/aromatic N) is 1. The van der Waals surface area contributed by atoms with Crippen LogP contribution in [0.4, 0.5) is 0 Å². The van der Waals surface area contributed by atoms with Crippen LogP contribution in [-0.2, 0) is 9.53 Å². The third kappa shape index (κ3) is 5.30. The van der Waals surface area contributed by atoms with E-state index in [2.05, 4.69) is 46.7 Å². The number of benzene rings is 1. The zero-order valence-corrected chi connectivity index (χ0v) is 14.6. The number of rotatable bonds is 8. The topological polar surface area (TPSA) is 53.6 Å². The maximum absolute atomic E-state index is 12.1. The number of carbonyl (C=O) groups excluding carboxylic acids is 1. The van der Waals surface area contributed by atoms with Gasteiger partial charge < -0.3 is 15.4 Å². The largest absolute Gasteiger partial charge is 0.379 e. The van der Waals surface area contributed by atoms with Crippen LogP contribution in [0.15, 0.2) is 24.3 Å². The van der Waals surface area contributed by atoms with Gasteiger partial charge in [0.05, 0.1) is 25.8 Å². The molecule has 1 heterocycles. The van der Waals surface area contributed by atoms with Gasteiger partial charge in [-0.2, -0.15) is 0 Å². The molecule has 0 bridgehead atoms. The molecule has 5 nitrogen and oxygen atoms in total. The molecule has 1 unspecified atom stereocenters. The van der Waals surface area contributed by atoms with Crippen LogP contribution in [0.5, 0.6) is 0 Å². The summed E-state index contributed by atoms with van der Waals surface area (Å²) >= 11 is 0. The average molecular weight is 331 g/mol. The van der Waals surface area contributed by atoms with Crippen LogP contribution < -0.4 is 10.6 Å². The van der Waals surface area contributed by atoms with Gasteiger partial charge in [-0.25, -0.2) is 0 Å². The summed E-state index contributed by atoms with van der Waals surface area (Å²) in [5.41, 5.74) is 2.52. The lowest BCUT2D eigenvalue weighted by Crippen LogP contribution is -2.45. The molecule has 24 heavy (non-hydrogen) atoms. The van der Waals surface area contributed by atoms with Crippen molar-refractivity contribution in [2.24, 2.45) is 5.92 Å². The van der Waals surface area contributed by atoms with Crippen LogP contribution in [0, 0.1) is 12.8 Å². The van der Waals surface area contributed by atoms with Crippen molar-refractivity contribution < 1.29 is 9.53 Å². The molecule has 1 atom stereocenters. The third-order valence-corrected chi connectivity index (χ3v) is 4.86. The number of hydrogen-bond donors (Lipinski definition) is 2. The predicted octanol–water partition coefficient (Wildman–Crippen LogP) is 1.48. The first-order valence-corrected chi connectivity index (χ1v) is 9.08. The Morgan fingerprint density at radius 1 is 1.25 bits per heavy atom.